The lowest BCUT2D eigenvalue weighted by molar-refractivity contribution is 0.561. The smallest absolute Gasteiger partial charge is 0.106 e. The van der Waals surface area contributed by atoms with Gasteiger partial charge >= 0.3 is 0 Å². The SMILES string of the molecule is CC(=N)N1Cc2ccccc2CC1=N. The lowest BCUT2D eigenvalue weighted by Gasteiger charge is -2.29. The van der Waals surface area contributed by atoms with Gasteiger partial charge in [0.2, 0.25) is 0 Å². The highest BCUT2D eigenvalue weighted by Crippen LogP contribution is 2.19. The normalized spacial score (nSPS) is 15.2. The molecule has 3 nitrogen and oxygen atoms in total. The Kier molecular flexibility index (Phi) is 2.08. The Morgan fingerprint density at radius 3 is 2.57 bits per heavy atom. The zero-order valence-electron chi connectivity index (χ0n) is 8.17. The summed E-state index contributed by atoms with van der Waals surface area (Å²) in [6.45, 7) is 2.40. The van der Waals surface area contributed by atoms with E-state index in [2.05, 4.69) is 12.1 Å². The second kappa shape index (κ2) is 3.25. The second-order valence-electron chi connectivity index (χ2n) is 3.56. The standard InChI is InChI=1S/C11H13N3/c1-8(12)14-7-10-5-3-2-4-9(10)6-11(14)13/h2-5,12-13H,6-7H2,1H3. The monoisotopic (exact) mass is 187 g/mol. The predicted octanol–water partition coefficient (Wildman–Crippen LogP) is 2.02. The van der Waals surface area contributed by atoms with Crippen LogP contribution in [-0.2, 0) is 13.0 Å². The zero-order chi connectivity index (χ0) is 10.1. The molecule has 0 unspecified atom stereocenters. The predicted molar refractivity (Wildman–Crippen MR) is 56.8 cm³/mol. The second-order valence-corrected chi connectivity index (χ2v) is 3.56. The molecule has 2 N–H and O–H groups in total. The maximum Gasteiger partial charge on any atom is 0.106 e. The van der Waals surface area contributed by atoms with Crippen LogP contribution in [0, 0.1) is 10.8 Å². The first-order valence-corrected chi connectivity index (χ1v) is 4.65. The van der Waals surface area contributed by atoms with Gasteiger partial charge in [-0.15, -0.1) is 0 Å². The molecule has 0 saturated heterocycles. The molecule has 0 amide bonds. The minimum absolute atomic E-state index is 0.449. The van der Waals surface area contributed by atoms with Crippen molar-refractivity contribution in [3.63, 3.8) is 0 Å². The molecule has 14 heavy (non-hydrogen) atoms. The number of amidine groups is 2. The minimum atomic E-state index is 0.449. The third kappa shape index (κ3) is 1.41. The van der Waals surface area contributed by atoms with Gasteiger partial charge in [0.15, 0.2) is 0 Å². The highest BCUT2D eigenvalue weighted by atomic mass is 15.2. The van der Waals surface area contributed by atoms with Crippen molar-refractivity contribution in [2.24, 2.45) is 0 Å². The van der Waals surface area contributed by atoms with Gasteiger partial charge < -0.3 is 4.90 Å². The van der Waals surface area contributed by atoms with Crippen LogP contribution >= 0.6 is 0 Å². The van der Waals surface area contributed by atoms with E-state index in [1.165, 1.54) is 11.1 Å². The Hall–Kier alpha value is -1.64. The van der Waals surface area contributed by atoms with Gasteiger partial charge in [-0.2, -0.15) is 0 Å². The first kappa shape index (κ1) is 8.94. The van der Waals surface area contributed by atoms with Crippen LogP contribution in [0.5, 0.6) is 0 Å². The summed E-state index contributed by atoms with van der Waals surface area (Å²) >= 11 is 0. The Balaban J connectivity index is 2.36. The van der Waals surface area contributed by atoms with Crippen molar-refractivity contribution in [3.05, 3.63) is 35.4 Å². The topological polar surface area (TPSA) is 50.9 Å². The summed E-state index contributed by atoms with van der Waals surface area (Å²) in [5.74, 6) is 0.973. The van der Waals surface area contributed by atoms with E-state index in [1.807, 2.05) is 12.1 Å². The van der Waals surface area contributed by atoms with Gasteiger partial charge in [-0.3, -0.25) is 10.8 Å². The molecule has 0 bridgehead atoms. The molecule has 0 radical (unpaired) electrons. The molecular formula is C11H13N3. The van der Waals surface area contributed by atoms with Gasteiger partial charge in [0.25, 0.3) is 0 Å². The van der Waals surface area contributed by atoms with Gasteiger partial charge in [-0.1, -0.05) is 24.3 Å². The van der Waals surface area contributed by atoms with Gasteiger partial charge in [-0.05, 0) is 18.1 Å². The molecule has 1 heterocycles. The molecule has 1 aromatic rings. The molecule has 2 rings (SSSR count). The summed E-state index contributed by atoms with van der Waals surface area (Å²) in [6, 6.07) is 8.13. The van der Waals surface area contributed by atoms with Crippen LogP contribution in [0.3, 0.4) is 0 Å². The van der Waals surface area contributed by atoms with Crippen LogP contribution in [0.25, 0.3) is 0 Å². The molecule has 0 spiro atoms. The van der Waals surface area contributed by atoms with Crippen molar-refractivity contribution in [2.45, 2.75) is 19.9 Å². The Morgan fingerprint density at radius 2 is 1.93 bits per heavy atom. The highest BCUT2D eigenvalue weighted by Gasteiger charge is 2.20. The Labute approximate surface area is 83.4 Å². The summed E-state index contributed by atoms with van der Waals surface area (Å²) in [4.78, 5) is 1.74. The molecule has 3 heteroatoms. The van der Waals surface area contributed by atoms with E-state index in [0.29, 0.717) is 24.6 Å². The zero-order valence-corrected chi connectivity index (χ0v) is 8.17. The molecule has 1 aliphatic heterocycles. The number of rotatable bonds is 0. The van der Waals surface area contributed by atoms with Gasteiger partial charge in [0, 0.05) is 6.42 Å². The number of fused-ring (bicyclic) bond motifs is 1. The van der Waals surface area contributed by atoms with E-state index in [1.54, 1.807) is 11.8 Å². The summed E-state index contributed by atoms with van der Waals surface area (Å²) in [7, 11) is 0. The fraction of sp³-hybridized carbons (Fsp3) is 0.273. The van der Waals surface area contributed by atoms with E-state index in [0.717, 1.165) is 0 Å². The lowest BCUT2D eigenvalue weighted by Crippen LogP contribution is -2.38. The van der Waals surface area contributed by atoms with Gasteiger partial charge in [0.1, 0.15) is 5.84 Å². The van der Waals surface area contributed by atoms with Gasteiger partial charge in [-0.25, -0.2) is 0 Å². The average Bonchev–Trinajstić information content (AvgIpc) is 2.16. The van der Waals surface area contributed by atoms with Crippen LogP contribution < -0.4 is 0 Å². The summed E-state index contributed by atoms with van der Waals surface area (Å²) in [5, 5.41) is 15.3. The van der Waals surface area contributed by atoms with Crippen LogP contribution in [0.2, 0.25) is 0 Å². The van der Waals surface area contributed by atoms with Crippen molar-refractivity contribution < 1.29 is 0 Å². The number of nitrogens with zero attached hydrogens (tertiary/aromatic N) is 1. The van der Waals surface area contributed by atoms with Crippen molar-refractivity contribution in [1.82, 2.24) is 4.90 Å². The molecule has 0 aliphatic carbocycles. The fourth-order valence-corrected chi connectivity index (χ4v) is 1.75. The molecule has 72 valence electrons. The van der Waals surface area contributed by atoms with Crippen LogP contribution in [-0.4, -0.2) is 16.6 Å². The van der Waals surface area contributed by atoms with Crippen molar-refractivity contribution >= 4 is 11.7 Å². The van der Waals surface area contributed by atoms with Crippen molar-refractivity contribution in [1.29, 1.82) is 10.8 Å². The maximum atomic E-state index is 7.79. The van der Waals surface area contributed by atoms with E-state index >= 15 is 0 Å². The number of nitrogens with one attached hydrogen (secondary N) is 2. The van der Waals surface area contributed by atoms with Crippen LogP contribution in [0.4, 0.5) is 0 Å². The first-order valence-electron chi connectivity index (χ1n) is 4.65. The number of benzene rings is 1. The summed E-state index contributed by atoms with van der Waals surface area (Å²) in [6.07, 6.45) is 0.645. The number of hydrogen-bond donors (Lipinski definition) is 2. The third-order valence-electron chi connectivity index (χ3n) is 2.54. The van der Waals surface area contributed by atoms with E-state index in [9.17, 15) is 0 Å². The fourth-order valence-electron chi connectivity index (χ4n) is 1.75. The minimum Gasteiger partial charge on any atom is -0.314 e. The molecule has 1 aromatic carbocycles. The quantitative estimate of drug-likeness (QED) is 0.474. The Morgan fingerprint density at radius 1 is 1.29 bits per heavy atom. The average molecular weight is 187 g/mol. The highest BCUT2D eigenvalue weighted by molar-refractivity contribution is 5.98. The van der Waals surface area contributed by atoms with Crippen molar-refractivity contribution in [3.8, 4) is 0 Å². The van der Waals surface area contributed by atoms with Gasteiger partial charge in [0.05, 0.1) is 12.4 Å². The van der Waals surface area contributed by atoms with Crippen molar-refractivity contribution in [2.75, 3.05) is 0 Å². The van der Waals surface area contributed by atoms with E-state index < -0.39 is 0 Å². The van der Waals surface area contributed by atoms with E-state index in [-0.39, 0.29) is 0 Å². The molecule has 0 saturated carbocycles. The van der Waals surface area contributed by atoms with E-state index in [4.69, 9.17) is 10.8 Å². The summed E-state index contributed by atoms with van der Waals surface area (Å²) < 4.78 is 0. The number of hydrogen-bond acceptors (Lipinski definition) is 2. The molecule has 0 atom stereocenters. The first-order chi connectivity index (χ1) is 6.68. The van der Waals surface area contributed by atoms with Crippen LogP contribution in [0.15, 0.2) is 24.3 Å². The molecule has 0 aromatic heterocycles. The molecule has 0 fully saturated rings. The maximum absolute atomic E-state index is 7.79. The largest absolute Gasteiger partial charge is 0.314 e. The van der Waals surface area contributed by atoms with Crippen LogP contribution in [0.1, 0.15) is 18.1 Å². The molecule has 1 aliphatic rings. The summed E-state index contributed by atoms with van der Waals surface area (Å²) in [5.41, 5.74) is 2.45. The molecular weight excluding hydrogens is 174 g/mol. The Bertz CT molecular complexity index is 395. The third-order valence-corrected chi connectivity index (χ3v) is 2.54. The lowest BCUT2D eigenvalue weighted by atomic mass is 9.99.